The smallest absolute Gasteiger partial charge is 0.215 e. The zero-order valence-corrected chi connectivity index (χ0v) is 6.93. The van der Waals surface area contributed by atoms with Gasteiger partial charge in [0.25, 0.3) is 0 Å². The van der Waals surface area contributed by atoms with Crippen molar-refractivity contribution >= 4 is 0 Å². The molecule has 0 saturated carbocycles. The average Bonchev–Trinajstić information content (AvgIpc) is 2.02. The van der Waals surface area contributed by atoms with E-state index in [2.05, 4.69) is 4.98 Å². The molecule has 0 bridgehead atoms. The molecule has 0 radical (unpaired) electrons. The van der Waals surface area contributed by atoms with Crippen LogP contribution in [0.5, 0.6) is 5.75 Å². The van der Waals surface area contributed by atoms with E-state index >= 15 is 0 Å². The molecule has 3 heteroatoms. The average molecular weight is 157 g/mol. The van der Waals surface area contributed by atoms with E-state index in [4.69, 9.17) is 5.11 Å². The Bertz CT molecular complexity index is 225. The van der Waals surface area contributed by atoms with Gasteiger partial charge in [0.1, 0.15) is 5.75 Å². The zero-order valence-electron chi connectivity index (χ0n) is 6.93. The number of hydrogen-bond acceptors (Lipinski definition) is 2. The summed E-state index contributed by atoms with van der Waals surface area (Å²) in [4.78, 5) is 3.26. The third-order valence-electron chi connectivity index (χ3n) is 1.000. The lowest BCUT2D eigenvalue weighted by molar-refractivity contribution is 0.465. The predicted molar refractivity (Wildman–Crippen MR) is 41.9 cm³/mol. The van der Waals surface area contributed by atoms with Gasteiger partial charge in [0, 0.05) is 5.56 Å². The van der Waals surface area contributed by atoms with Crippen LogP contribution in [0.25, 0.3) is 0 Å². The number of rotatable bonds is 0. The van der Waals surface area contributed by atoms with E-state index in [0.717, 1.165) is 6.20 Å². The van der Waals surface area contributed by atoms with Crippen molar-refractivity contribution in [2.24, 2.45) is 0 Å². The highest BCUT2D eigenvalue weighted by atomic mass is 19.1. The zero-order chi connectivity index (χ0) is 8.85. The van der Waals surface area contributed by atoms with E-state index in [0.29, 0.717) is 5.56 Å². The van der Waals surface area contributed by atoms with Gasteiger partial charge in [0.05, 0.1) is 6.20 Å². The maximum absolute atomic E-state index is 12.3. The molecule has 0 saturated heterocycles. The van der Waals surface area contributed by atoms with Crippen molar-refractivity contribution in [1.82, 2.24) is 4.98 Å². The Morgan fingerprint density at radius 3 is 2.36 bits per heavy atom. The van der Waals surface area contributed by atoms with Crippen molar-refractivity contribution in [2.75, 3.05) is 0 Å². The second-order valence-corrected chi connectivity index (χ2v) is 1.80. The number of aromatic nitrogens is 1. The van der Waals surface area contributed by atoms with E-state index in [9.17, 15) is 4.39 Å². The summed E-state index contributed by atoms with van der Waals surface area (Å²) in [5, 5.41) is 8.71. The first-order valence-electron chi connectivity index (χ1n) is 3.51. The second kappa shape index (κ2) is 4.66. The van der Waals surface area contributed by atoms with E-state index in [1.807, 2.05) is 13.8 Å². The molecule has 11 heavy (non-hydrogen) atoms. The van der Waals surface area contributed by atoms with Crippen molar-refractivity contribution in [1.29, 1.82) is 0 Å². The minimum absolute atomic E-state index is 0.00565. The van der Waals surface area contributed by atoms with Crippen molar-refractivity contribution < 1.29 is 9.50 Å². The summed E-state index contributed by atoms with van der Waals surface area (Å²) in [5.41, 5.74) is 0.356. The topological polar surface area (TPSA) is 33.1 Å². The maximum Gasteiger partial charge on any atom is 0.215 e. The minimum atomic E-state index is -0.534. The van der Waals surface area contributed by atoms with Gasteiger partial charge in [-0.2, -0.15) is 4.39 Å². The van der Waals surface area contributed by atoms with Crippen molar-refractivity contribution in [3.63, 3.8) is 0 Å². The Kier molecular flexibility index (Phi) is 4.18. The highest BCUT2D eigenvalue weighted by Crippen LogP contribution is 2.09. The maximum atomic E-state index is 12.3. The lowest BCUT2D eigenvalue weighted by Crippen LogP contribution is -1.84. The Morgan fingerprint density at radius 1 is 1.45 bits per heavy atom. The summed E-state index contributed by atoms with van der Waals surface area (Å²) in [6.07, 6.45) is 1.07. The Balaban J connectivity index is 0.000000461. The summed E-state index contributed by atoms with van der Waals surface area (Å²) in [6, 6.07) is 1.32. The third kappa shape index (κ3) is 2.98. The molecular formula is C8H12FNO. The fraction of sp³-hybridized carbons (Fsp3) is 0.375. The predicted octanol–water partition coefficient (Wildman–Crippen LogP) is 2.26. The number of aromatic hydroxyl groups is 1. The van der Waals surface area contributed by atoms with Gasteiger partial charge in [-0.1, -0.05) is 13.8 Å². The van der Waals surface area contributed by atoms with E-state index in [-0.39, 0.29) is 5.75 Å². The van der Waals surface area contributed by atoms with Crippen LogP contribution in [0, 0.1) is 12.9 Å². The first-order chi connectivity index (χ1) is 5.20. The molecule has 0 atom stereocenters. The van der Waals surface area contributed by atoms with Gasteiger partial charge < -0.3 is 5.11 Å². The van der Waals surface area contributed by atoms with E-state index in [1.54, 1.807) is 6.92 Å². The van der Waals surface area contributed by atoms with Crippen LogP contribution in [-0.2, 0) is 0 Å². The molecule has 0 aliphatic rings. The SMILES string of the molecule is CC.Cc1cc(O)cnc1F. The normalized spacial score (nSPS) is 8.36. The molecule has 1 rings (SSSR count). The van der Waals surface area contributed by atoms with E-state index < -0.39 is 5.95 Å². The van der Waals surface area contributed by atoms with Crippen molar-refractivity contribution in [3.05, 3.63) is 23.8 Å². The van der Waals surface area contributed by atoms with Crippen LogP contribution in [0.1, 0.15) is 19.4 Å². The lowest BCUT2D eigenvalue weighted by Gasteiger charge is -1.93. The number of aryl methyl sites for hydroxylation is 1. The number of hydrogen-bond donors (Lipinski definition) is 1. The Hall–Kier alpha value is -1.12. The highest BCUT2D eigenvalue weighted by Gasteiger charge is 1.96. The molecular weight excluding hydrogens is 145 g/mol. The van der Waals surface area contributed by atoms with Crippen molar-refractivity contribution in [3.8, 4) is 5.75 Å². The van der Waals surface area contributed by atoms with Crippen LogP contribution >= 0.6 is 0 Å². The van der Waals surface area contributed by atoms with Gasteiger partial charge in [-0.15, -0.1) is 0 Å². The molecule has 1 aromatic heterocycles. The quantitative estimate of drug-likeness (QED) is 0.586. The van der Waals surface area contributed by atoms with Crippen LogP contribution in [0.2, 0.25) is 0 Å². The lowest BCUT2D eigenvalue weighted by atomic mass is 10.3. The van der Waals surface area contributed by atoms with Gasteiger partial charge >= 0.3 is 0 Å². The number of nitrogens with zero attached hydrogens (tertiary/aromatic N) is 1. The molecule has 1 N–H and O–H groups in total. The molecule has 62 valence electrons. The molecule has 2 nitrogen and oxygen atoms in total. The van der Waals surface area contributed by atoms with Crippen LogP contribution in [0.15, 0.2) is 12.3 Å². The van der Waals surface area contributed by atoms with Crippen LogP contribution in [0.3, 0.4) is 0 Å². The molecule has 0 fully saturated rings. The van der Waals surface area contributed by atoms with Gasteiger partial charge in [-0.3, -0.25) is 0 Å². The molecule has 0 aliphatic carbocycles. The highest BCUT2D eigenvalue weighted by molar-refractivity contribution is 5.21. The van der Waals surface area contributed by atoms with Crippen LogP contribution < -0.4 is 0 Å². The molecule has 0 unspecified atom stereocenters. The first kappa shape index (κ1) is 9.88. The monoisotopic (exact) mass is 157 g/mol. The molecule has 0 amide bonds. The number of halogens is 1. The Labute approximate surface area is 65.7 Å². The van der Waals surface area contributed by atoms with Crippen LogP contribution in [0.4, 0.5) is 4.39 Å². The van der Waals surface area contributed by atoms with Crippen LogP contribution in [-0.4, -0.2) is 10.1 Å². The Morgan fingerprint density at radius 2 is 2.00 bits per heavy atom. The summed E-state index contributed by atoms with van der Waals surface area (Å²) in [7, 11) is 0. The standard InChI is InChI=1S/C6H6FNO.C2H6/c1-4-2-5(9)3-8-6(4)7;1-2/h2-3,9H,1H3;1-2H3. The van der Waals surface area contributed by atoms with Gasteiger partial charge in [-0.05, 0) is 13.0 Å². The minimum Gasteiger partial charge on any atom is -0.506 e. The second-order valence-electron chi connectivity index (χ2n) is 1.80. The molecule has 0 aliphatic heterocycles. The summed E-state index contributed by atoms with van der Waals surface area (Å²) in [6.45, 7) is 5.54. The summed E-state index contributed by atoms with van der Waals surface area (Å²) >= 11 is 0. The van der Waals surface area contributed by atoms with Gasteiger partial charge in [0.2, 0.25) is 5.95 Å². The number of pyridine rings is 1. The fourth-order valence-corrected chi connectivity index (χ4v) is 0.543. The largest absolute Gasteiger partial charge is 0.506 e. The van der Waals surface area contributed by atoms with Gasteiger partial charge in [0.15, 0.2) is 0 Å². The third-order valence-corrected chi connectivity index (χ3v) is 1.000. The van der Waals surface area contributed by atoms with E-state index in [1.165, 1.54) is 6.07 Å². The first-order valence-corrected chi connectivity index (χ1v) is 3.51. The molecule has 1 heterocycles. The fourth-order valence-electron chi connectivity index (χ4n) is 0.543. The van der Waals surface area contributed by atoms with Gasteiger partial charge in [-0.25, -0.2) is 4.98 Å². The summed E-state index contributed by atoms with van der Waals surface area (Å²) in [5.74, 6) is -0.540. The molecule has 0 aromatic carbocycles. The summed E-state index contributed by atoms with van der Waals surface area (Å²) < 4.78 is 12.3. The van der Waals surface area contributed by atoms with Crippen molar-refractivity contribution in [2.45, 2.75) is 20.8 Å². The molecule has 1 aromatic rings. The molecule has 0 spiro atoms.